The van der Waals surface area contributed by atoms with Gasteiger partial charge >= 0.3 is 6.18 Å². The van der Waals surface area contributed by atoms with Crippen LogP contribution in [0.4, 0.5) is 13.2 Å². The zero-order valence-electron chi connectivity index (χ0n) is 16.7. The van der Waals surface area contributed by atoms with Gasteiger partial charge in [-0.25, -0.2) is 14.9 Å². The van der Waals surface area contributed by atoms with Crippen molar-refractivity contribution in [2.24, 2.45) is 5.10 Å². The number of ether oxygens (including phenoxy) is 2. The third kappa shape index (κ3) is 4.24. The molecule has 1 aliphatic rings. The number of benzene rings is 1. The van der Waals surface area contributed by atoms with Crippen LogP contribution < -0.4 is 14.9 Å². The van der Waals surface area contributed by atoms with E-state index < -0.39 is 17.8 Å². The Bertz CT molecular complexity index is 1370. The monoisotopic (exact) mass is 473 g/mol. The Labute approximate surface area is 188 Å². The van der Waals surface area contributed by atoms with Gasteiger partial charge < -0.3 is 9.47 Å². The Balaban J connectivity index is 1.40. The lowest BCUT2D eigenvalue weighted by Crippen LogP contribution is -2.19. The largest absolute Gasteiger partial charge is 0.486 e. The standard InChI is InChI=1S/C21H14F3N5O3S/c22-21(23,24)18-9-13(17-2-1-7-33-17)26-19-10-14(28-29(18)19)20(30)27-25-11-12-3-4-15-16(8-12)32-6-5-31-15/h1-4,7-11H,5-6H2,(H,27,30)/b25-11+. The van der Waals surface area contributed by atoms with Crippen LogP contribution in [0.25, 0.3) is 16.2 Å². The van der Waals surface area contributed by atoms with E-state index in [4.69, 9.17) is 9.47 Å². The average Bonchev–Trinajstić information content (AvgIpc) is 3.47. The van der Waals surface area contributed by atoms with Gasteiger partial charge in [0.2, 0.25) is 0 Å². The van der Waals surface area contributed by atoms with Gasteiger partial charge in [0.25, 0.3) is 5.91 Å². The fourth-order valence-corrected chi connectivity index (χ4v) is 3.89. The quantitative estimate of drug-likeness (QED) is 0.357. The Kier molecular flexibility index (Phi) is 5.21. The molecule has 1 aromatic carbocycles. The molecule has 0 bridgehead atoms. The maximum absolute atomic E-state index is 13.6. The topological polar surface area (TPSA) is 90.1 Å². The van der Waals surface area contributed by atoms with Gasteiger partial charge in [-0.3, -0.25) is 4.79 Å². The lowest BCUT2D eigenvalue weighted by atomic mass is 10.2. The highest BCUT2D eigenvalue weighted by atomic mass is 32.1. The van der Waals surface area contributed by atoms with Crippen molar-refractivity contribution in [2.75, 3.05) is 13.2 Å². The van der Waals surface area contributed by atoms with Gasteiger partial charge in [-0.1, -0.05) is 6.07 Å². The first-order valence-corrected chi connectivity index (χ1v) is 10.5. The minimum Gasteiger partial charge on any atom is -0.486 e. The Hall–Kier alpha value is -3.93. The molecule has 1 N–H and O–H groups in total. The normalized spacial score (nSPS) is 13.5. The van der Waals surface area contributed by atoms with Crippen molar-refractivity contribution in [3.63, 3.8) is 0 Å². The molecule has 0 spiro atoms. The SMILES string of the molecule is O=C(N/N=C/c1ccc2c(c1)OCCO2)c1cc2nc(-c3cccs3)cc(C(F)(F)F)n2n1. The third-order valence-corrected chi connectivity index (χ3v) is 5.56. The second kappa shape index (κ2) is 8.20. The van der Waals surface area contributed by atoms with Crippen LogP contribution in [0.15, 0.2) is 52.9 Å². The number of halogens is 3. The summed E-state index contributed by atoms with van der Waals surface area (Å²) in [5.41, 5.74) is 1.66. The lowest BCUT2D eigenvalue weighted by Gasteiger charge is -2.18. The highest BCUT2D eigenvalue weighted by Crippen LogP contribution is 2.33. The van der Waals surface area contributed by atoms with Gasteiger partial charge in [-0.2, -0.15) is 23.4 Å². The van der Waals surface area contributed by atoms with Crippen molar-refractivity contribution in [2.45, 2.75) is 6.18 Å². The molecule has 168 valence electrons. The Morgan fingerprint density at radius 2 is 1.97 bits per heavy atom. The van der Waals surface area contributed by atoms with Crippen molar-refractivity contribution < 1.29 is 27.4 Å². The van der Waals surface area contributed by atoms with Crippen LogP contribution in [0.1, 0.15) is 21.7 Å². The number of hydrazone groups is 1. The van der Waals surface area contributed by atoms with Gasteiger partial charge in [0.1, 0.15) is 13.2 Å². The van der Waals surface area contributed by atoms with Crippen molar-refractivity contribution in [3.05, 3.63) is 64.8 Å². The molecule has 0 saturated carbocycles. The number of nitrogens with zero attached hydrogens (tertiary/aromatic N) is 4. The van der Waals surface area contributed by atoms with Crippen molar-refractivity contribution in [1.29, 1.82) is 0 Å². The highest BCUT2D eigenvalue weighted by molar-refractivity contribution is 7.13. The number of aromatic nitrogens is 3. The molecule has 0 atom stereocenters. The van der Waals surface area contributed by atoms with Crippen LogP contribution in [-0.4, -0.2) is 39.9 Å². The molecular formula is C21H14F3N5O3S. The predicted molar refractivity (Wildman–Crippen MR) is 114 cm³/mol. The Morgan fingerprint density at radius 3 is 2.73 bits per heavy atom. The van der Waals surface area contributed by atoms with E-state index in [0.29, 0.717) is 39.7 Å². The highest BCUT2D eigenvalue weighted by Gasteiger charge is 2.35. The van der Waals surface area contributed by atoms with E-state index in [1.807, 2.05) is 0 Å². The second-order valence-electron chi connectivity index (χ2n) is 6.90. The van der Waals surface area contributed by atoms with Crippen LogP contribution in [-0.2, 0) is 6.18 Å². The van der Waals surface area contributed by atoms with Crippen molar-refractivity contribution in [1.82, 2.24) is 20.0 Å². The number of carbonyl (C=O) groups is 1. The number of hydrogen-bond donors (Lipinski definition) is 1. The van der Waals surface area contributed by atoms with E-state index in [9.17, 15) is 18.0 Å². The number of alkyl halides is 3. The number of hydrogen-bond acceptors (Lipinski definition) is 7. The number of rotatable bonds is 4. The fourth-order valence-electron chi connectivity index (χ4n) is 3.20. The van der Waals surface area contributed by atoms with Gasteiger partial charge in [0.15, 0.2) is 28.5 Å². The molecule has 8 nitrogen and oxygen atoms in total. The van der Waals surface area contributed by atoms with E-state index >= 15 is 0 Å². The fraction of sp³-hybridized carbons (Fsp3) is 0.143. The van der Waals surface area contributed by atoms with Crippen LogP contribution in [0.3, 0.4) is 0 Å². The minimum atomic E-state index is -4.69. The number of fused-ring (bicyclic) bond motifs is 2. The second-order valence-corrected chi connectivity index (χ2v) is 7.85. The van der Waals surface area contributed by atoms with Crippen molar-refractivity contribution >= 4 is 29.1 Å². The summed E-state index contributed by atoms with van der Waals surface area (Å²) in [6.45, 7) is 0.898. The van der Waals surface area contributed by atoms with Crippen LogP contribution in [0, 0.1) is 0 Å². The molecule has 4 aromatic rings. The smallest absolute Gasteiger partial charge is 0.433 e. The maximum Gasteiger partial charge on any atom is 0.433 e. The molecule has 0 aliphatic carbocycles. The molecule has 0 saturated heterocycles. The summed E-state index contributed by atoms with van der Waals surface area (Å²) >= 11 is 1.26. The summed E-state index contributed by atoms with van der Waals surface area (Å²) in [5, 5.41) is 9.39. The summed E-state index contributed by atoms with van der Waals surface area (Å²) in [6, 6.07) is 10.6. The molecular weight excluding hydrogens is 459 g/mol. The van der Waals surface area contributed by atoms with Gasteiger partial charge in [-0.05, 0) is 41.3 Å². The predicted octanol–water partition coefficient (Wildman–Crippen LogP) is 4.01. The van der Waals surface area contributed by atoms with Gasteiger partial charge in [0, 0.05) is 6.07 Å². The maximum atomic E-state index is 13.6. The first kappa shape index (κ1) is 20.9. The summed E-state index contributed by atoms with van der Waals surface area (Å²) in [7, 11) is 0. The molecule has 4 heterocycles. The summed E-state index contributed by atoms with van der Waals surface area (Å²) in [5.74, 6) is 0.395. The molecule has 1 amide bonds. The lowest BCUT2D eigenvalue weighted by molar-refractivity contribution is -0.142. The third-order valence-electron chi connectivity index (χ3n) is 4.67. The minimum absolute atomic E-state index is 0.103. The zero-order valence-corrected chi connectivity index (χ0v) is 17.5. The number of nitrogens with one attached hydrogen (secondary N) is 1. The van der Waals surface area contributed by atoms with Gasteiger partial charge in [-0.15, -0.1) is 11.3 Å². The number of thiophene rings is 1. The number of amides is 1. The first-order chi connectivity index (χ1) is 15.9. The van der Waals surface area contributed by atoms with Crippen LogP contribution in [0.2, 0.25) is 0 Å². The van der Waals surface area contributed by atoms with E-state index in [-0.39, 0.29) is 17.0 Å². The summed E-state index contributed by atoms with van der Waals surface area (Å²) in [4.78, 5) is 17.3. The zero-order chi connectivity index (χ0) is 23.0. The molecule has 0 radical (unpaired) electrons. The molecule has 0 unspecified atom stereocenters. The molecule has 1 aliphatic heterocycles. The molecule has 0 fully saturated rings. The Morgan fingerprint density at radius 1 is 1.15 bits per heavy atom. The van der Waals surface area contributed by atoms with Crippen molar-refractivity contribution in [3.8, 4) is 22.1 Å². The average molecular weight is 473 g/mol. The van der Waals surface area contributed by atoms with Crippen LogP contribution in [0.5, 0.6) is 11.5 Å². The van der Waals surface area contributed by atoms with Crippen LogP contribution >= 0.6 is 11.3 Å². The van der Waals surface area contributed by atoms with Gasteiger partial charge in [0.05, 0.1) is 16.8 Å². The molecule has 5 rings (SSSR count). The molecule has 3 aromatic heterocycles. The van der Waals surface area contributed by atoms with E-state index in [1.54, 1.807) is 35.7 Å². The molecule has 12 heteroatoms. The van der Waals surface area contributed by atoms with E-state index in [2.05, 4.69) is 20.6 Å². The first-order valence-electron chi connectivity index (χ1n) is 9.63. The summed E-state index contributed by atoms with van der Waals surface area (Å²) in [6.07, 6.45) is -3.32. The van der Waals surface area contributed by atoms with E-state index in [0.717, 1.165) is 6.07 Å². The summed E-state index contributed by atoms with van der Waals surface area (Å²) < 4.78 is 52.4. The van der Waals surface area contributed by atoms with E-state index in [1.165, 1.54) is 23.6 Å². The number of carbonyl (C=O) groups excluding carboxylic acids is 1. The molecule has 33 heavy (non-hydrogen) atoms.